The van der Waals surface area contributed by atoms with Crippen molar-refractivity contribution in [3.63, 3.8) is 0 Å². The first-order valence-electron chi connectivity index (χ1n) is 10.8. The highest BCUT2D eigenvalue weighted by molar-refractivity contribution is 6.51. The maximum absolute atomic E-state index is 13.3. The molecule has 1 fully saturated rings. The molecule has 6 nitrogen and oxygen atoms in total. The lowest BCUT2D eigenvalue weighted by Crippen LogP contribution is -2.30. The average Bonchev–Trinajstić information content (AvgIpc) is 3.06. The zero-order chi connectivity index (χ0) is 23.7. The summed E-state index contributed by atoms with van der Waals surface area (Å²) in [4.78, 5) is 32.4. The Morgan fingerprint density at radius 3 is 2.48 bits per heavy atom. The first-order chi connectivity index (χ1) is 15.8. The molecule has 1 unspecified atom stereocenters. The van der Waals surface area contributed by atoms with Crippen molar-refractivity contribution < 1.29 is 19.4 Å². The SMILES string of the molecule is Cc1cccc(N2C(=O)C(=O)/C(=C(/O)c3cccc(OC(C)C)c3)C2c2ccccn2)c1C. The highest BCUT2D eigenvalue weighted by atomic mass is 16.5. The Labute approximate surface area is 193 Å². The van der Waals surface area contributed by atoms with Crippen molar-refractivity contribution in [3.8, 4) is 5.75 Å². The van der Waals surface area contributed by atoms with Gasteiger partial charge in [0.1, 0.15) is 17.6 Å². The first-order valence-corrected chi connectivity index (χ1v) is 10.8. The Morgan fingerprint density at radius 1 is 1.03 bits per heavy atom. The van der Waals surface area contributed by atoms with Crippen LogP contribution in [-0.2, 0) is 9.59 Å². The van der Waals surface area contributed by atoms with Crippen molar-refractivity contribution in [3.05, 3.63) is 94.8 Å². The number of rotatable bonds is 5. The van der Waals surface area contributed by atoms with E-state index in [1.807, 2.05) is 39.8 Å². The minimum Gasteiger partial charge on any atom is -0.507 e. The Bertz CT molecular complexity index is 1250. The van der Waals surface area contributed by atoms with E-state index in [1.165, 1.54) is 4.90 Å². The summed E-state index contributed by atoms with van der Waals surface area (Å²) >= 11 is 0. The molecule has 2 aromatic carbocycles. The Morgan fingerprint density at radius 2 is 1.79 bits per heavy atom. The molecule has 0 spiro atoms. The summed E-state index contributed by atoms with van der Waals surface area (Å²) in [5.41, 5.74) is 3.38. The van der Waals surface area contributed by atoms with E-state index in [9.17, 15) is 14.7 Å². The van der Waals surface area contributed by atoms with Gasteiger partial charge in [-0.3, -0.25) is 19.5 Å². The van der Waals surface area contributed by atoms with Gasteiger partial charge in [0.2, 0.25) is 0 Å². The molecule has 1 atom stereocenters. The van der Waals surface area contributed by atoms with Crippen molar-refractivity contribution in [2.45, 2.75) is 39.8 Å². The van der Waals surface area contributed by atoms with E-state index in [2.05, 4.69) is 4.98 Å². The van der Waals surface area contributed by atoms with E-state index in [1.54, 1.807) is 54.7 Å². The van der Waals surface area contributed by atoms with Crippen molar-refractivity contribution in [2.24, 2.45) is 0 Å². The van der Waals surface area contributed by atoms with Crippen LogP contribution in [0.2, 0.25) is 0 Å². The highest BCUT2D eigenvalue weighted by Gasteiger charge is 2.48. The normalized spacial score (nSPS) is 17.6. The van der Waals surface area contributed by atoms with Crippen LogP contribution in [0.5, 0.6) is 5.75 Å². The van der Waals surface area contributed by atoms with Crippen molar-refractivity contribution in [1.82, 2.24) is 4.98 Å². The number of pyridine rings is 1. The molecule has 0 bridgehead atoms. The zero-order valence-corrected chi connectivity index (χ0v) is 19.1. The van der Waals surface area contributed by atoms with Gasteiger partial charge in [0.25, 0.3) is 11.7 Å². The summed E-state index contributed by atoms with van der Waals surface area (Å²) in [5, 5.41) is 11.3. The van der Waals surface area contributed by atoms with Crippen LogP contribution in [0.15, 0.2) is 72.4 Å². The van der Waals surface area contributed by atoms with Crippen LogP contribution in [0.25, 0.3) is 5.76 Å². The molecule has 168 valence electrons. The van der Waals surface area contributed by atoms with Crippen LogP contribution in [0.1, 0.15) is 42.3 Å². The lowest BCUT2D eigenvalue weighted by atomic mass is 9.97. The Hall–Kier alpha value is -3.93. The van der Waals surface area contributed by atoms with Crippen molar-refractivity contribution in [1.29, 1.82) is 0 Å². The number of aromatic nitrogens is 1. The van der Waals surface area contributed by atoms with Gasteiger partial charge in [-0.2, -0.15) is 0 Å². The number of hydrogen-bond donors (Lipinski definition) is 1. The van der Waals surface area contributed by atoms with Gasteiger partial charge in [-0.05, 0) is 69.2 Å². The molecule has 0 aliphatic carbocycles. The van der Waals surface area contributed by atoms with Crippen molar-refractivity contribution in [2.75, 3.05) is 4.90 Å². The topological polar surface area (TPSA) is 79.7 Å². The summed E-state index contributed by atoms with van der Waals surface area (Å²) in [6.45, 7) is 7.67. The number of aryl methyl sites for hydroxylation is 1. The molecule has 1 aliphatic rings. The monoisotopic (exact) mass is 442 g/mol. The number of aliphatic hydroxyl groups excluding tert-OH is 1. The number of amides is 1. The second kappa shape index (κ2) is 8.90. The summed E-state index contributed by atoms with van der Waals surface area (Å²) in [6.07, 6.45) is 1.56. The lowest BCUT2D eigenvalue weighted by Gasteiger charge is -2.26. The fraction of sp³-hybridized carbons (Fsp3) is 0.222. The molecular weight excluding hydrogens is 416 g/mol. The number of ketones is 1. The number of Topliss-reactive ketones (excluding diaryl/α,β-unsaturated/α-hetero) is 1. The van der Waals surface area contributed by atoms with Gasteiger partial charge < -0.3 is 9.84 Å². The summed E-state index contributed by atoms with van der Waals surface area (Å²) in [6, 6.07) is 16.9. The Balaban J connectivity index is 1.93. The van der Waals surface area contributed by atoms with Crippen LogP contribution in [0, 0.1) is 13.8 Å². The van der Waals surface area contributed by atoms with Crippen LogP contribution < -0.4 is 9.64 Å². The number of carbonyl (C=O) groups is 2. The standard InChI is InChI=1S/C27H26N2O4/c1-16(2)33-20-11-8-10-19(15-20)25(30)23-24(21-12-5-6-14-28-21)29(27(32)26(23)31)22-13-7-9-17(3)18(22)4/h5-16,24,30H,1-4H3/b25-23+. The molecule has 33 heavy (non-hydrogen) atoms. The van der Waals surface area contributed by atoms with E-state index in [0.717, 1.165) is 11.1 Å². The molecule has 2 heterocycles. The third-order valence-corrected chi connectivity index (χ3v) is 5.73. The van der Waals surface area contributed by atoms with Gasteiger partial charge in [0.05, 0.1) is 17.4 Å². The fourth-order valence-corrected chi connectivity index (χ4v) is 4.04. The largest absolute Gasteiger partial charge is 0.507 e. The van der Waals surface area contributed by atoms with Crippen LogP contribution >= 0.6 is 0 Å². The second-order valence-corrected chi connectivity index (χ2v) is 8.34. The quantitative estimate of drug-likeness (QED) is 0.337. The van der Waals surface area contributed by atoms with Crippen LogP contribution in [0.3, 0.4) is 0 Å². The number of carbonyl (C=O) groups excluding carboxylic acids is 2. The molecular formula is C27H26N2O4. The Kier molecular flexibility index (Phi) is 6.01. The molecule has 1 aliphatic heterocycles. The van der Waals surface area contributed by atoms with Gasteiger partial charge in [0, 0.05) is 17.4 Å². The molecule has 3 aromatic rings. The predicted molar refractivity (Wildman–Crippen MR) is 127 cm³/mol. The summed E-state index contributed by atoms with van der Waals surface area (Å²) < 4.78 is 5.74. The number of hydrogen-bond acceptors (Lipinski definition) is 5. The van der Waals surface area contributed by atoms with E-state index in [0.29, 0.717) is 22.7 Å². The molecule has 6 heteroatoms. The number of aliphatic hydroxyl groups is 1. The molecule has 1 N–H and O–H groups in total. The minimum absolute atomic E-state index is 0.00121. The molecule has 0 radical (unpaired) electrons. The highest BCUT2D eigenvalue weighted by Crippen LogP contribution is 2.43. The fourth-order valence-electron chi connectivity index (χ4n) is 4.04. The van der Waals surface area contributed by atoms with Gasteiger partial charge in [-0.1, -0.05) is 30.3 Å². The van der Waals surface area contributed by atoms with E-state index in [4.69, 9.17) is 4.74 Å². The molecule has 1 saturated heterocycles. The molecule has 4 rings (SSSR count). The van der Waals surface area contributed by atoms with Gasteiger partial charge >= 0.3 is 0 Å². The third kappa shape index (κ3) is 4.12. The van der Waals surface area contributed by atoms with Crippen molar-refractivity contribution >= 4 is 23.1 Å². The van der Waals surface area contributed by atoms with Crippen LogP contribution in [0.4, 0.5) is 5.69 Å². The number of anilines is 1. The first kappa shape index (κ1) is 22.3. The second-order valence-electron chi connectivity index (χ2n) is 8.34. The predicted octanol–water partition coefficient (Wildman–Crippen LogP) is 5.11. The molecule has 1 amide bonds. The average molecular weight is 443 g/mol. The maximum atomic E-state index is 13.3. The lowest BCUT2D eigenvalue weighted by molar-refractivity contribution is -0.132. The number of ether oxygens (including phenoxy) is 1. The number of nitrogens with zero attached hydrogens (tertiary/aromatic N) is 2. The van der Waals surface area contributed by atoms with Gasteiger partial charge in [0.15, 0.2) is 0 Å². The molecule has 1 aromatic heterocycles. The smallest absolute Gasteiger partial charge is 0.300 e. The zero-order valence-electron chi connectivity index (χ0n) is 19.1. The van der Waals surface area contributed by atoms with E-state index in [-0.39, 0.29) is 17.4 Å². The van der Waals surface area contributed by atoms with Crippen LogP contribution in [-0.4, -0.2) is 27.9 Å². The number of benzene rings is 2. The van der Waals surface area contributed by atoms with Gasteiger partial charge in [-0.15, -0.1) is 0 Å². The summed E-state index contributed by atoms with van der Waals surface area (Å²) in [5.74, 6) is -1.15. The van der Waals surface area contributed by atoms with E-state index < -0.39 is 17.7 Å². The maximum Gasteiger partial charge on any atom is 0.300 e. The van der Waals surface area contributed by atoms with Gasteiger partial charge in [-0.25, -0.2) is 0 Å². The minimum atomic E-state index is -0.860. The molecule has 0 saturated carbocycles. The third-order valence-electron chi connectivity index (χ3n) is 5.73. The summed E-state index contributed by atoms with van der Waals surface area (Å²) in [7, 11) is 0. The van der Waals surface area contributed by atoms with E-state index >= 15 is 0 Å².